The summed E-state index contributed by atoms with van der Waals surface area (Å²) in [6.07, 6.45) is 7.58. The van der Waals surface area contributed by atoms with Crippen LogP contribution in [0.15, 0.2) is 34.2 Å². The number of rotatable bonds is 5. The van der Waals surface area contributed by atoms with Crippen LogP contribution in [-0.2, 0) is 17.6 Å². The van der Waals surface area contributed by atoms with Crippen molar-refractivity contribution in [3.63, 3.8) is 0 Å². The molecule has 2 aliphatic rings. The number of amides is 1. The molecule has 3 heterocycles. The van der Waals surface area contributed by atoms with Crippen LogP contribution in [0.25, 0.3) is 15.9 Å². The highest BCUT2D eigenvalue weighted by Gasteiger charge is 2.24. The molecular formula is C24H27N3O3S2. The predicted molar refractivity (Wildman–Crippen MR) is 130 cm³/mol. The van der Waals surface area contributed by atoms with E-state index < -0.39 is 0 Å². The van der Waals surface area contributed by atoms with Crippen molar-refractivity contribution in [3.05, 3.63) is 45.1 Å². The van der Waals surface area contributed by atoms with Gasteiger partial charge in [0.05, 0.1) is 23.9 Å². The summed E-state index contributed by atoms with van der Waals surface area (Å²) in [4.78, 5) is 35.5. The van der Waals surface area contributed by atoms with Crippen LogP contribution in [0.1, 0.15) is 42.5 Å². The number of nitrogens with zero attached hydrogens (tertiary/aromatic N) is 3. The van der Waals surface area contributed by atoms with Gasteiger partial charge >= 0.3 is 0 Å². The molecule has 0 N–H and O–H groups in total. The van der Waals surface area contributed by atoms with Crippen molar-refractivity contribution in [1.82, 2.24) is 14.5 Å². The van der Waals surface area contributed by atoms with Gasteiger partial charge in [-0.1, -0.05) is 18.2 Å². The lowest BCUT2D eigenvalue weighted by Crippen LogP contribution is -2.29. The molecule has 8 heteroatoms. The maximum atomic E-state index is 13.8. The van der Waals surface area contributed by atoms with Gasteiger partial charge in [-0.3, -0.25) is 14.2 Å². The maximum absolute atomic E-state index is 13.8. The average molecular weight is 470 g/mol. The number of benzene rings is 1. The summed E-state index contributed by atoms with van der Waals surface area (Å²) in [6.45, 7) is 1.66. The van der Waals surface area contributed by atoms with E-state index in [0.717, 1.165) is 66.8 Å². The van der Waals surface area contributed by atoms with Crippen molar-refractivity contribution in [2.24, 2.45) is 0 Å². The van der Waals surface area contributed by atoms with Gasteiger partial charge in [0.1, 0.15) is 10.6 Å². The van der Waals surface area contributed by atoms with E-state index in [1.165, 1.54) is 35.0 Å². The molecule has 32 heavy (non-hydrogen) atoms. The molecule has 5 rings (SSSR count). The summed E-state index contributed by atoms with van der Waals surface area (Å²) in [6, 6.07) is 7.46. The number of hydrogen-bond acceptors (Lipinski definition) is 6. The van der Waals surface area contributed by atoms with Crippen LogP contribution in [0.4, 0.5) is 0 Å². The van der Waals surface area contributed by atoms with Crippen LogP contribution in [0.5, 0.6) is 5.75 Å². The molecule has 0 saturated carbocycles. The monoisotopic (exact) mass is 469 g/mol. The second-order valence-electron chi connectivity index (χ2n) is 8.35. The van der Waals surface area contributed by atoms with Gasteiger partial charge in [0.2, 0.25) is 5.91 Å². The Morgan fingerprint density at radius 1 is 1.09 bits per heavy atom. The molecule has 0 atom stereocenters. The molecule has 1 saturated heterocycles. The van der Waals surface area contributed by atoms with Crippen LogP contribution < -0.4 is 10.3 Å². The summed E-state index contributed by atoms with van der Waals surface area (Å²) in [5.74, 6) is 1.14. The molecule has 1 fully saturated rings. The van der Waals surface area contributed by atoms with Crippen LogP contribution >= 0.6 is 23.1 Å². The lowest BCUT2D eigenvalue weighted by Gasteiger charge is -2.16. The number of thiophene rings is 1. The number of methoxy groups -OCH3 is 1. The van der Waals surface area contributed by atoms with E-state index in [9.17, 15) is 9.59 Å². The second kappa shape index (κ2) is 9.27. The van der Waals surface area contributed by atoms with Gasteiger partial charge in [-0.2, -0.15) is 0 Å². The van der Waals surface area contributed by atoms with Gasteiger partial charge in [-0.25, -0.2) is 4.98 Å². The normalized spacial score (nSPS) is 16.2. The third kappa shape index (κ3) is 4.06. The van der Waals surface area contributed by atoms with Crippen LogP contribution in [0, 0.1) is 0 Å². The van der Waals surface area contributed by atoms with E-state index in [1.807, 2.05) is 29.2 Å². The van der Waals surface area contributed by atoms with Crippen molar-refractivity contribution in [1.29, 1.82) is 0 Å². The van der Waals surface area contributed by atoms with E-state index >= 15 is 0 Å². The molecule has 0 spiro atoms. The number of aryl methyl sites for hydroxylation is 2. The molecule has 2 aromatic heterocycles. The van der Waals surface area contributed by atoms with Crippen molar-refractivity contribution < 1.29 is 9.53 Å². The predicted octanol–water partition coefficient (Wildman–Crippen LogP) is 4.44. The van der Waals surface area contributed by atoms with Gasteiger partial charge in [-0.05, 0) is 68.4 Å². The third-order valence-corrected chi connectivity index (χ3v) is 8.43. The van der Waals surface area contributed by atoms with Crippen molar-refractivity contribution >= 4 is 39.2 Å². The van der Waals surface area contributed by atoms with Gasteiger partial charge in [-0.15, -0.1) is 11.3 Å². The third-order valence-electron chi connectivity index (χ3n) is 6.32. The fourth-order valence-electron chi connectivity index (χ4n) is 4.60. The summed E-state index contributed by atoms with van der Waals surface area (Å²) in [7, 11) is 1.63. The number of ether oxygens (including phenoxy) is 1. The van der Waals surface area contributed by atoms with Crippen LogP contribution in [0.3, 0.4) is 0 Å². The lowest BCUT2D eigenvalue weighted by molar-refractivity contribution is -0.127. The Kier molecular flexibility index (Phi) is 6.24. The van der Waals surface area contributed by atoms with Gasteiger partial charge in [0, 0.05) is 18.0 Å². The Bertz CT molecular complexity index is 1190. The number of hydrogen-bond donors (Lipinski definition) is 0. The summed E-state index contributed by atoms with van der Waals surface area (Å²) < 4.78 is 6.97. The quantitative estimate of drug-likeness (QED) is 0.314. The first-order chi connectivity index (χ1) is 15.7. The SMILES string of the molecule is COc1ccc(-n2c(SCC(=O)N3CCCC3)nc3sc4c(c3c2=O)CCCCC4)cc1. The second-order valence-corrected chi connectivity index (χ2v) is 10.4. The minimum absolute atomic E-state index is 0.0318. The molecular weight excluding hydrogens is 442 g/mol. The molecule has 1 aliphatic heterocycles. The van der Waals surface area contributed by atoms with E-state index in [-0.39, 0.29) is 11.5 Å². The van der Waals surface area contributed by atoms with Gasteiger partial charge < -0.3 is 9.64 Å². The first-order valence-corrected chi connectivity index (χ1v) is 13.1. The minimum atomic E-state index is -0.0318. The minimum Gasteiger partial charge on any atom is -0.497 e. The lowest BCUT2D eigenvalue weighted by atomic mass is 10.1. The fraction of sp³-hybridized carbons (Fsp3) is 0.458. The molecule has 0 bridgehead atoms. The van der Waals surface area contributed by atoms with Crippen LogP contribution in [-0.4, -0.2) is 46.3 Å². The van der Waals surface area contributed by atoms with Crippen molar-refractivity contribution in [3.8, 4) is 11.4 Å². The summed E-state index contributed by atoms with van der Waals surface area (Å²) >= 11 is 3.02. The summed E-state index contributed by atoms with van der Waals surface area (Å²) in [5.41, 5.74) is 1.90. The smallest absolute Gasteiger partial charge is 0.267 e. The molecule has 168 valence electrons. The first kappa shape index (κ1) is 21.5. The van der Waals surface area contributed by atoms with E-state index in [1.54, 1.807) is 23.0 Å². The zero-order valence-electron chi connectivity index (χ0n) is 18.3. The number of fused-ring (bicyclic) bond motifs is 3. The number of carbonyl (C=O) groups is 1. The van der Waals surface area contributed by atoms with Gasteiger partial charge in [0.25, 0.3) is 5.56 Å². The highest BCUT2D eigenvalue weighted by molar-refractivity contribution is 7.99. The maximum Gasteiger partial charge on any atom is 0.267 e. The zero-order valence-corrected chi connectivity index (χ0v) is 19.9. The Labute approximate surface area is 195 Å². The molecule has 6 nitrogen and oxygen atoms in total. The van der Waals surface area contributed by atoms with E-state index in [0.29, 0.717) is 10.9 Å². The van der Waals surface area contributed by atoms with Crippen molar-refractivity contribution in [2.45, 2.75) is 50.1 Å². The topological polar surface area (TPSA) is 64.4 Å². The average Bonchev–Trinajstić information content (AvgIpc) is 3.41. The van der Waals surface area contributed by atoms with Crippen molar-refractivity contribution in [2.75, 3.05) is 26.0 Å². The summed E-state index contributed by atoms with van der Waals surface area (Å²) in [5, 5.41) is 1.34. The van der Waals surface area contributed by atoms with Gasteiger partial charge in [0.15, 0.2) is 5.16 Å². The zero-order chi connectivity index (χ0) is 22.1. The molecule has 1 amide bonds. The Balaban J connectivity index is 1.59. The Hall–Kier alpha value is -2.32. The highest BCUT2D eigenvalue weighted by atomic mass is 32.2. The number of likely N-dealkylation sites (tertiary alicyclic amines) is 1. The Morgan fingerprint density at radius 2 is 1.84 bits per heavy atom. The number of thioether (sulfide) groups is 1. The fourth-order valence-corrected chi connectivity index (χ4v) is 6.82. The largest absolute Gasteiger partial charge is 0.497 e. The molecule has 3 aromatic rings. The number of carbonyl (C=O) groups excluding carboxylic acids is 1. The van der Waals surface area contributed by atoms with E-state index in [4.69, 9.17) is 9.72 Å². The Morgan fingerprint density at radius 3 is 2.59 bits per heavy atom. The first-order valence-electron chi connectivity index (χ1n) is 11.3. The standard InChI is InChI=1S/C24H27N3O3S2/c1-30-17-11-9-16(10-12-17)27-23(29)21-18-7-3-2-4-8-19(18)32-22(21)25-24(27)31-15-20(28)26-13-5-6-14-26/h9-12H,2-8,13-15H2,1H3. The van der Waals surface area contributed by atoms with E-state index in [2.05, 4.69) is 0 Å². The molecule has 0 radical (unpaired) electrons. The number of aromatic nitrogens is 2. The highest BCUT2D eigenvalue weighted by Crippen LogP contribution is 2.35. The molecule has 1 aromatic carbocycles. The van der Waals surface area contributed by atoms with Crippen LogP contribution in [0.2, 0.25) is 0 Å². The molecule has 1 aliphatic carbocycles. The molecule has 0 unspecified atom stereocenters.